The normalized spacial score (nSPS) is 12.6. The van der Waals surface area contributed by atoms with Crippen molar-refractivity contribution in [2.45, 2.75) is 25.8 Å². The van der Waals surface area contributed by atoms with Crippen molar-refractivity contribution < 1.29 is 4.39 Å². The molecule has 3 nitrogen and oxygen atoms in total. The molecule has 0 aliphatic carbocycles. The third-order valence-corrected chi connectivity index (χ3v) is 3.00. The van der Waals surface area contributed by atoms with Crippen molar-refractivity contribution in [1.29, 1.82) is 0 Å². The van der Waals surface area contributed by atoms with Gasteiger partial charge in [-0.3, -0.25) is 0 Å². The molecule has 1 aromatic carbocycles. The average Bonchev–Trinajstić information content (AvgIpc) is 2.89. The lowest BCUT2D eigenvalue weighted by Gasteiger charge is -2.17. The second-order valence-corrected chi connectivity index (χ2v) is 4.22. The summed E-state index contributed by atoms with van der Waals surface area (Å²) in [5, 5.41) is 3.36. The molecular formula is C14H18FN3. The fraction of sp³-hybridized carbons (Fsp3) is 0.357. The summed E-state index contributed by atoms with van der Waals surface area (Å²) in [4.78, 5) is 7.21. The molecule has 0 fully saturated rings. The highest BCUT2D eigenvalue weighted by molar-refractivity contribution is 5.21. The molecule has 1 heterocycles. The van der Waals surface area contributed by atoms with Gasteiger partial charge in [-0.2, -0.15) is 0 Å². The van der Waals surface area contributed by atoms with Gasteiger partial charge < -0.3 is 10.3 Å². The SMILES string of the molecule is CCC(NCCc1ncc[nH]1)c1ccccc1F. The molecule has 0 saturated carbocycles. The van der Waals surface area contributed by atoms with Gasteiger partial charge in [-0.15, -0.1) is 0 Å². The lowest BCUT2D eigenvalue weighted by Crippen LogP contribution is -2.24. The predicted molar refractivity (Wildman–Crippen MR) is 69.7 cm³/mol. The van der Waals surface area contributed by atoms with Crippen molar-refractivity contribution in [3.8, 4) is 0 Å². The van der Waals surface area contributed by atoms with Crippen LogP contribution in [0.3, 0.4) is 0 Å². The van der Waals surface area contributed by atoms with Crippen LogP contribution in [0.4, 0.5) is 4.39 Å². The first kappa shape index (κ1) is 12.8. The number of nitrogens with zero attached hydrogens (tertiary/aromatic N) is 1. The molecular weight excluding hydrogens is 229 g/mol. The summed E-state index contributed by atoms with van der Waals surface area (Å²) in [5.41, 5.74) is 0.736. The minimum atomic E-state index is -0.144. The third kappa shape index (κ3) is 3.17. The van der Waals surface area contributed by atoms with Gasteiger partial charge in [0, 0.05) is 37.0 Å². The number of H-pyrrole nitrogens is 1. The summed E-state index contributed by atoms with van der Waals surface area (Å²) < 4.78 is 13.7. The van der Waals surface area contributed by atoms with E-state index in [-0.39, 0.29) is 11.9 Å². The maximum absolute atomic E-state index is 13.7. The summed E-state index contributed by atoms with van der Waals surface area (Å²) in [6.45, 7) is 2.83. The fourth-order valence-electron chi connectivity index (χ4n) is 2.03. The molecule has 1 unspecified atom stereocenters. The molecule has 0 spiro atoms. The Morgan fingerprint density at radius 1 is 1.39 bits per heavy atom. The van der Waals surface area contributed by atoms with E-state index in [1.54, 1.807) is 12.3 Å². The van der Waals surface area contributed by atoms with Crippen LogP contribution in [0.25, 0.3) is 0 Å². The van der Waals surface area contributed by atoms with Crippen molar-refractivity contribution in [3.63, 3.8) is 0 Å². The van der Waals surface area contributed by atoms with Crippen LogP contribution in [-0.2, 0) is 6.42 Å². The number of aromatic amines is 1. The zero-order valence-electron chi connectivity index (χ0n) is 10.5. The van der Waals surface area contributed by atoms with Gasteiger partial charge >= 0.3 is 0 Å². The molecule has 1 aromatic heterocycles. The molecule has 0 amide bonds. The summed E-state index contributed by atoms with van der Waals surface area (Å²) in [6, 6.07) is 6.99. The summed E-state index contributed by atoms with van der Waals surface area (Å²) in [6.07, 6.45) is 5.23. The number of hydrogen-bond acceptors (Lipinski definition) is 2. The Kier molecular flexibility index (Phi) is 4.47. The standard InChI is InChI=1S/C14H18FN3/c1-2-13(11-5-3-4-6-12(11)15)16-8-7-14-17-9-10-18-14/h3-6,9-10,13,16H,2,7-8H2,1H3,(H,17,18). The molecule has 0 aliphatic heterocycles. The van der Waals surface area contributed by atoms with E-state index in [4.69, 9.17) is 0 Å². The molecule has 2 aromatic rings. The predicted octanol–water partition coefficient (Wildman–Crippen LogP) is 2.83. The van der Waals surface area contributed by atoms with Gasteiger partial charge in [0.25, 0.3) is 0 Å². The van der Waals surface area contributed by atoms with Crippen LogP contribution in [0, 0.1) is 5.82 Å². The molecule has 0 aliphatic rings. The Morgan fingerprint density at radius 3 is 2.89 bits per heavy atom. The summed E-state index contributed by atoms with van der Waals surface area (Å²) >= 11 is 0. The maximum atomic E-state index is 13.7. The highest BCUT2D eigenvalue weighted by atomic mass is 19.1. The first-order chi connectivity index (χ1) is 8.81. The van der Waals surface area contributed by atoms with Gasteiger partial charge in [0.2, 0.25) is 0 Å². The van der Waals surface area contributed by atoms with Crippen LogP contribution in [0.2, 0.25) is 0 Å². The van der Waals surface area contributed by atoms with Gasteiger partial charge in [0.1, 0.15) is 11.6 Å². The Bertz CT molecular complexity index is 468. The van der Waals surface area contributed by atoms with Crippen LogP contribution in [0.15, 0.2) is 36.7 Å². The monoisotopic (exact) mass is 247 g/mol. The van der Waals surface area contributed by atoms with Crippen LogP contribution < -0.4 is 5.32 Å². The number of benzene rings is 1. The Labute approximate surface area is 106 Å². The Balaban J connectivity index is 1.91. The molecule has 18 heavy (non-hydrogen) atoms. The average molecular weight is 247 g/mol. The molecule has 96 valence electrons. The summed E-state index contributed by atoms with van der Waals surface area (Å²) in [5.74, 6) is 0.806. The quantitative estimate of drug-likeness (QED) is 0.824. The van der Waals surface area contributed by atoms with E-state index in [1.807, 2.05) is 18.3 Å². The molecule has 0 saturated heterocycles. The van der Waals surface area contributed by atoms with Crippen molar-refractivity contribution >= 4 is 0 Å². The minimum Gasteiger partial charge on any atom is -0.349 e. The highest BCUT2D eigenvalue weighted by Crippen LogP contribution is 2.19. The van der Waals surface area contributed by atoms with E-state index < -0.39 is 0 Å². The van der Waals surface area contributed by atoms with Crippen molar-refractivity contribution in [2.75, 3.05) is 6.54 Å². The van der Waals surface area contributed by atoms with Crippen molar-refractivity contribution in [3.05, 3.63) is 53.9 Å². The lowest BCUT2D eigenvalue weighted by molar-refractivity contribution is 0.489. The van der Waals surface area contributed by atoms with E-state index in [2.05, 4.69) is 22.2 Å². The zero-order chi connectivity index (χ0) is 12.8. The smallest absolute Gasteiger partial charge is 0.127 e. The molecule has 4 heteroatoms. The molecule has 1 atom stereocenters. The Morgan fingerprint density at radius 2 is 2.22 bits per heavy atom. The van der Waals surface area contributed by atoms with Gasteiger partial charge in [0.15, 0.2) is 0 Å². The maximum Gasteiger partial charge on any atom is 0.127 e. The molecule has 0 radical (unpaired) electrons. The topological polar surface area (TPSA) is 40.7 Å². The highest BCUT2D eigenvalue weighted by Gasteiger charge is 2.12. The second-order valence-electron chi connectivity index (χ2n) is 4.22. The molecule has 2 rings (SSSR count). The number of halogens is 1. The molecule has 2 N–H and O–H groups in total. The number of aromatic nitrogens is 2. The Hall–Kier alpha value is -1.68. The van der Waals surface area contributed by atoms with Crippen molar-refractivity contribution in [1.82, 2.24) is 15.3 Å². The van der Waals surface area contributed by atoms with Gasteiger partial charge in [-0.05, 0) is 12.5 Å². The van der Waals surface area contributed by atoms with Crippen LogP contribution in [0.1, 0.15) is 30.8 Å². The van der Waals surface area contributed by atoms with E-state index in [9.17, 15) is 4.39 Å². The lowest BCUT2D eigenvalue weighted by atomic mass is 10.0. The second kappa shape index (κ2) is 6.31. The fourth-order valence-corrected chi connectivity index (χ4v) is 2.03. The van der Waals surface area contributed by atoms with Crippen LogP contribution >= 0.6 is 0 Å². The summed E-state index contributed by atoms with van der Waals surface area (Å²) in [7, 11) is 0. The van der Waals surface area contributed by atoms with E-state index in [0.29, 0.717) is 0 Å². The number of hydrogen-bond donors (Lipinski definition) is 2. The number of nitrogens with one attached hydrogen (secondary N) is 2. The van der Waals surface area contributed by atoms with E-state index >= 15 is 0 Å². The van der Waals surface area contributed by atoms with Gasteiger partial charge in [-0.1, -0.05) is 25.1 Å². The number of rotatable bonds is 6. The van der Waals surface area contributed by atoms with E-state index in [0.717, 1.165) is 30.8 Å². The minimum absolute atomic E-state index is 0.0566. The largest absolute Gasteiger partial charge is 0.349 e. The van der Waals surface area contributed by atoms with Crippen LogP contribution in [0.5, 0.6) is 0 Å². The van der Waals surface area contributed by atoms with Gasteiger partial charge in [0.05, 0.1) is 0 Å². The third-order valence-electron chi connectivity index (χ3n) is 3.00. The van der Waals surface area contributed by atoms with E-state index in [1.165, 1.54) is 6.07 Å². The van der Waals surface area contributed by atoms with Gasteiger partial charge in [-0.25, -0.2) is 9.37 Å². The first-order valence-corrected chi connectivity index (χ1v) is 6.27. The van der Waals surface area contributed by atoms with Crippen molar-refractivity contribution in [2.24, 2.45) is 0 Å². The zero-order valence-corrected chi connectivity index (χ0v) is 10.5. The molecule has 0 bridgehead atoms. The number of imidazole rings is 1. The first-order valence-electron chi connectivity index (χ1n) is 6.27. The van der Waals surface area contributed by atoms with Crippen LogP contribution in [-0.4, -0.2) is 16.5 Å².